The van der Waals surface area contributed by atoms with Gasteiger partial charge in [0.2, 0.25) is 52.7 Å². The molecule has 44 heteroatoms. The molecule has 8 aromatic carbocycles. The molecule has 129 heavy (non-hydrogen) atoms. The van der Waals surface area contributed by atoms with E-state index in [1.165, 1.54) is 66.0 Å². The summed E-state index contributed by atoms with van der Waals surface area (Å²) in [5.74, 6) is 7.70. The largest absolute Gasteiger partial charge is 0.497 e. The molecule has 0 atom stereocenters. The third-order valence-electron chi connectivity index (χ3n) is 18.3. The highest BCUT2D eigenvalue weighted by atomic mass is 32.2. The first-order valence-electron chi connectivity index (χ1n) is 39.7. The molecular weight excluding hydrogens is 1720 g/mol. The van der Waals surface area contributed by atoms with Crippen molar-refractivity contribution < 1.29 is 46.7 Å². The normalized spacial score (nSPS) is 11.8. The average molecular weight is 1810 g/mol. The summed E-state index contributed by atoms with van der Waals surface area (Å²) >= 11 is 4.21. The van der Waals surface area contributed by atoms with Crippen LogP contribution in [0.4, 0.5) is 118 Å². The van der Waals surface area contributed by atoms with Crippen LogP contribution in [0.5, 0.6) is 28.7 Å². The Balaban J connectivity index is 0.000000140. The van der Waals surface area contributed by atoms with Crippen LogP contribution < -0.4 is 83.8 Å². The highest BCUT2D eigenvalue weighted by Gasteiger charge is 2.32. The van der Waals surface area contributed by atoms with Crippen LogP contribution >= 0.6 is 34.9 Å². The molecule has 1 saturated heterocycles. The fourth-order valence-corrected chi connectivity index (χ4v) is 14.0. The topological polar surface area (TPSA) is 480 Å². The van der Waals surface area contributed by atoms with Crippen LogP contribution in [0.1, 0.15) is 18.4 Å². The Kier molecular flexibility index (Phi) is 30.3. The molecule has 0 bridgehead atoms. The van der Waals surface area contributed by atoms with Gasteiger partial charge >= 0.3 is 6.18 Å². The summed E-state index contributed by atoms with van der Waals surface area (Å²) in [6, 6.07) is 65.8. The molecule has 8 aromatic heterocycles. The zero-order valence-electron chi connectivity index (χ0n) is 69.9. The second-order valence-corrected chi connectivity index (χ2v) is 29.9. The number of hydrogen-bond acceptors (Lipinski definition) is 37. The van der Waals surface area contributed by atoms with E-state index in [1.807, 2.05) is 195 Å². The van der Waals surface area contributed by atoms with Gasteiger partial charge in [-0.1, -0.05) is 120 Å². The molecule has 0 spiro atoms. The Hall–Kier alpha value is -15.4. The van der Waals surface area contributed by atoms with Crippen LogP contribution in [0.15, 0.2) is 235 Å². The maximum absolute atomic E-state index is 13.3. The molecule has 0 saturated carbocycles. The van der Waals surface area contributed by atoms with Crippen LogP contribution in [0.25, 0.3) is 32.8 Å². The molecule has 16 aromatic rings. The van der Waals surface area contributed by atoms with Gasteiger partial charge in [-0.25, -0.2) is 34.9 Å². The van der Waals surface area contributed by atoms with Crippen LogP contribution in [0.2, 0.25) is 0 Å². The molecule has 17 rings (SSSR count). The van der Waals surface area contributed by atoms with Gasteiger partial charge in [0.15, 0.2) is 39.3 Å². The van der Waals surface area contributed by atoms with E-state index in [1.54, 1.807) is 39.5 Å². The minimum absolute atomic E-state index is 0.00403. The van der Waals surface area contributed by atoms with E-state index in [-0.39, 0.29) is 54.4 Å². The number of ether oxygens (including phenoxy) is 6. The first-order chi connectivity index (χ1) is 62.8. The quantitative estimate of drug-likeness (QED) is 0.0106. The van der Waals surface area contributed by atoms with Crippen molar-refractivity contribution in [1.29, 1.82) is 0 Å². The lowest BCUT2D eigenvalue weighted by molar-refractivity contribution is -0.137. The Bertz CT molecular complexity index is 6320. The number of benzene rings is 8. The number of nitrogens with zero attached hydrogens (tertiary/aromatic N) is 20. The SMILES string of the molecule is COc1cc(Nc2nc(N)n(-c3cc(Nc4ccccc4)ncn3)n2)ccc1OCCCN1CCOCC1.COc1cccc(Nc2nc(N)n(-c3cc(Nc4ccccc4)nc(SC)n3)n2)c1.COc1ccccc1Nc1nc(N)n(-c2cc(Nc3ccccc3)nc(SC)n2)n1.Nc1nc(Nc2cc(OCCCO)cc(C(F)(F)F)c2)nn1-c1nc2ccccc2s1. The van der Waals surface area contributed by atoms with Gasteiger partial charge in [-0.3, -0.25) is 4.90 Å². The first-order valence-corrected chi connectivity index (χ1v) is 42.9. The number of methoxy groups -OCH3 is 3. The van der Waals surface area contributed by atoms with E-state index in [9.17, 15) is 13.2 Å². The molecule has 664 valence electrons. The number of rotatable bonds is 32. The van der Waals surface area contributed by atoms with Crippen molar-refractivity contribution in [2.45, 2.75) is 29.3 Å². The number of morpholine rings is 1. The van der Waals surface area contributed by atoms with Gasteiger partial charge in [0.25, 0.3) is 0 Å². The number of nitrogens with one attached hydrogen (secondary N) is 7. The smallest absolute Gasteiger partial charge is 0.416 e. The molecule has 16 N–H and O–H groups in total. The average Bonchev–Trinajstić information content (AvgIpc) is 1.64. The second-order valence-electron chi connectivity index (χ2n) is 27.3. The zero-order chi connectivity index (χ0) is 90.0. The van der Waals surface area contributed by atoms with Crippen molar-refractivity contribution in [2.75, 3.05) is 147 Å². The fourth-order valence-electron chi connectivity index (χ4n) is 12.3. The molecule has 1 aliphatic rings. The number of aliphatic hydroxyl groups is 1. The number of alkyl halides is 3. The standard InChI is InChI=1S/C26H31N9O3.2C20H20N8OS.C19H17F3N6O2S/c1-36-22-16-20(8-9-21(22)38-13-5-10-34-11-14-37-15-12-34)31-26-32-25(27)35(33-26)24-17-23(28-18-29-24)30-19-6-3-2-4-7-19;1-29-15-11-7-6-10-14(15)23-19-26-18(21)28(27-19)17-12-16(24-20(25-17)30-2)22-13-8-4-3-5-9-13;1-29-15-10-6-9-14(11-15)23-19-26-18(21)28(27-19)17-12-16(24-20(25-17)30-2)22-13-7-4-3-5-8-13;20-19(21,22)11-8-12(10-13(9-11)30-7-3-6-29)24-17-26-16(23)28(27-17)18-25-14-4-1-2-5-15(14)31-18/h2-4,6-9,16-18H,5,10-15H2,1H3,(H,28,29,30)(H3,27,31,32,33);2*3-12H,1-2H3,(H,22,24,25)(H3,21,23,26,27);1-2,4-5,8-10,29H,3,6-7H2,(H3,23,24,26,27). The summed E-state index contributed by atoms with van der Waals surface area (Å²) in [5, 5.41) is 50.0. The van der Waals surface area contributed by atoms with Crippen LogP contribution in [-0.2, 0) is 10.9 Å². The number of para-hydroxylation sites is 6. The van der Waals surface area contributed by atoms with E-state index in [4.69, 9.17) is 56.5 Å². The molecule has 0 amide bonds. The van der Waals surface area contributed by atoms with E-state index in [2.05, 4.69) is 117 Å². The van der Waals surface area contributed by atoms with Gasteiger partial charge in [0.1, 0.15) is 41.0 Å². The molecule has 0 aliphatic carbocycles. The fraction of sp³-hybridized carbons (Fsp3) is 0.188. The van der Waals surface area contributed by atoms with Gasteiger partial charge in [0, 0.05) is 103 Å². The van der Waals surface area contributed by atoms with Gasteiger partial charge in [-0.05, 0) is 116 Å². The van der Waals surface area contributed by atoms with Gasteiger partial charge in [-0.2, -0.15) is 51.8 Å². The Morgan fingerprint density at radius 2 is 0.938 bits per heavy atom. The van der Waals surface area contributed by atoms with Crippen molar-refractivity contribution >= 4 is 150 Å². The van der Waals surface area contributed by atoms with Crippen LogP contribution in [0, 0.1) is 0 Å². The lowest BCUT2D eigenvalue weighted by atomic mass is 10.2. The first kappa shape index (κ1) is 89.9. The summed E-state index contributed by atoms with van der Waals surface area (Å²) in [6.45, 7) is 5.08. The molecular formula is C85H88F3N31O7S3. The minimum Gasteiger partial charge on any atom is -0.497 e. The van der Waals surface area contributed by atoms with E-state index < -0.39 is 11.7 Å². The van der Waals surface area contributed by atoms with Crippen molar-refractivity contribution in [3.63, 3.8) is 0 Å². The highest BCUT2D eigenvalue weighted by Crippen LogP contribution is 2.38. The predicted molar refractivity (Wildman–Crippen MR) is 494 cm³/mol. The van der Waals surface area contributed by atoms with Gasteiger partial charge < -0.3 is 93.7 Å². The number of anilines is 18. The number of aromatic nitrogens is 19. The van der Waals surface area contributed by atoms with Crippen molar-refractivity contribution in [3.05, 3.63) is 230 Å². The van der Waals surface area contributed by atoms with Gasteiger partial charge in [0.05, 0.1) is 69.2 Å². The Morgan fingerprint density at radius 1 is 0.434 bits per heavy atom. The summed E-state index contributed by atoms with van der Waals surface area (Å²) in [5.41, 5.74) is 29.3. The summed E-state index contributed by atoms with van der Waals surface area (Å²) in [6.07, 6.45) is 1.91. The third-order valence-corrected chi connectivity index (χ3v) is 20.4. The summed E-state index contributed by atoms with van der Waals surface area (Å²) in [4.78, 5) is 50.5. The monoisotopic (exact) mass is 1810 g/mol. The van der Waals surface area contributed by atoms with Crippen LogP contribution in [0.3, 0.4) is 0 Å². The van der Waals surface area contributed by atoms with E-state index >= 15 is 0 Å². The zero-order valence-corrected chi connectivity index (χ0v) is 72.4. The van der Waals surface area contributed by atoms with Crippen LogP contribution in [-0.4, -0.2) is 190 Å². The lowest BCUT2D eigenvalue weighted by Crippen LogP contribution is -2.37. The molecule has 1 aliphatic heterocycles. The molecule has 9 heterocycles. The van der Waals surface area contributed by atoms with E-state index in [0.29, 0.717) is 98.5 Å². The third kappa shape index (κ3) is 24.8. The maximum Gasteiger partial charge on any atom is 0.416 e. The second kappa shape index (κ2) is 43.5. The van der Waals surface area contributed by atoms with Gasteiger partial charge in [-0.15, -0.1) is 20.4 Å². The predicted octanol–water partition coefficient (Wildman–Crippen LogP) is 14.9. The Labute approximate surface area is 748 Å². The highest BCUT2D eigenvalue weighted by molar-refractivity contribution is 7.98. The lowest BCUT2D eigenvalue weighted by Gasteiger charge is -2.26. The molecule has 0 unspecified atom stereocenters. The molecule has 0 radical (unpaired) electrons. The number of thiazole rings is 1. The number of halogens is 3. The number of aliphatic hydroxyl groups excluding tert-OH is 1. The number of thioether (sulfide) groups is 2. The van der Waals surface area contributed by atoms with Crippen molar-refractivity contribution in [2.24, 2.45) is 0 Å². The number of fused-ring (bicyclic) bond motifs is 1. The number of nitrogen functional groups attached to an aromatic ring is 4. The Morgan fingerprint density at radius 3 is 1.51 bits per heavy atom. The summed E-state index contributed by atoms with van der Waals surface area (Å²) in [7, 11) is 4.83. The number of hydrogen-bond donors (Lipinski definition) is 12. The molecule has 1 fully saturated rings. The maximum atomic E-state index is 13.3. The minimum atomic E-state index is -4.57. The number of nitrogens with two attached hydrogens (primary N) is 4. The molecule has 38 nitrogen and oxygen atoms in total. The van der Waals surface area contributed by atoms with Crippen molar-refractivity contribution in [3.8, 4) is 51.3 Å². The van der Waals surface area contributed by atoms with E-state index in [0.717, 1.165) is 101 Å². The summed E-state index contributed by atoms with van der Waals surface area (Å²) < 4.78 is 79.3. The van der Waals surface area contributed by atoms with Crippen molar-refractivity contribution in [1.82, 2.24) is 98.8 Å².